The molecule has 1 aromatic rings. The maximum atomic E-state index is 11.6. The predicted molar refractivity (Wildman–Crippen MR) is 84.7 cm³/mol. The molecule has 116 valence electrons. The number of primary amides is 1. The smallest absolute Gasteiger partial charge is 0.315 e. The molecule has 0 unspecified atom stereocenters. The van der Waals surface area contributed by atoms with Gasteiger partial charge < -0.3 is 15.4 Å². The largest absolute Gasteiger partial charge is 0.493 e. The standard InChI is InChI=1S/C16H23ClN2O2/c17-13-6-4-9-15(12-13)21-11-5-10-19(16(18)20)14-7-2-1-3-8-14/h4,6,9,12,14H,1-3,5,7-8,10-11H2,(H2,18,20). The molecule has 5 heteroatoms. The third-order valence-corrected chi connectivity index (χ3v) is 4.14. The fraction of sp³-hybridized carbons (Fsp3) is 0.562. The minimum Gasteiger partial charge on any atom is -0.493 e. The molecule has 0 bridgehead atoms. The fourth-order valence-electron chi connectivity index (χ4n) is 2.85. The summed E-state index contributed by atoms with van der Waals surface area (Å²) < 4.78 is 5.64. The van der Waals surface area contributed by atoms with Crippen molar-refractivity contribution in [2.24, 2.45) is 5.73 Å². The summed E-state index contributed by atoms with van der Waals surface area (Å²) in [6.07, 6.45) is 6.55. The topological polar surface area (TPSA) is 55.6 Å². The molecule has 1 saturated carbocycles. The summed E-state index contributed by atoms with van der Waals surface area (Å²) >= 11 is 5.90. The van der Waals surface area contributed by atoms with Crippen molar-refractivity contribution in [3.05, 3.63) is 29.3 Å². The summed E-state index contributed by atoms with van der Waals surface area (Å²) in [5.41, 5.74) is 5.51. The van der Waals surface area contributed by atoms with E-state index in [2.05, 4.69) is 0 Å². The molecule has 0 spiro atoms. The number of nitrogens with two attached hydrogens (primary N) is 1. The van der Waals surface area contributed by atoms with Crippen LogP contribution in [-0.2, 0) is 0 Å². The highest BCUT2D eigenvalue weighted by Gasteiger charge is 2.23. The van der Waals surface area contributed by atoms with Gasteiger partial charge >= 0.3 is 6.03 Å². The Hall–Kier alpha value is -1.42. The molecule has 0 aliphatic heterocycles. The normalized spacial score (nSPS) is 15.7. The van der Waals surface area contributed by atoms with Crippen molar-refractivity contribution >= 4 is 17.6 Å². The second kappa shape index (κ2) is 8.13. The number of ether oxygens (including phenoxy) is 1. The Bertz CT molecular complexity index is 461. The molecular weight excluding hydrogens is 288 g/mol. The summed E-state index contributed by atoms with van der Waals surface area (Å²) in [4.78, 5) is 13.4. The Kier molecular flexibility index (Phi) is 6.18. The van der Waals surface area contributed by atoms with Crippen LogP contribution in [0.2, 0.25) is 5.02 Å². The quantitative estimate of drug-likeness (QED) is 0.812. The van der Waals surface area contributed by atoms with Crippen molar-refractivity contribution in [2.45, 2.75) is 44.6 Å². The van der Waals surface area contributed by atoms with Gasteiger partial charge in [-0.05, 0) is 37.5 Å². The molecule has 0 radical (unpaired) electrons. The first kappa shape index (κ1) is 16.0. The third kappa shape index (κ3) is 5.12. The summed E-state index contributed by atoms with van der Waals surface area (Å²) in [5, 5.41) is 0.661. The minimum atomic E-state index is -0.315. The molecule has 21 heavy (non-hydrogen) atoms. The molecule has 1 aliphatic carbocycles. The molecule has 4 nitrogen and oxygen atoms in total. The van der Waals surface area contributed by atoms with Crippen LogP contribution in [0.15, 0.2) is 24.3 Å². The van der Waals surface area contributed by atoms with Crippen molar-refractivity contribution in [3.63, 3.8) is 0 Å². The number of benzene rings is 1. The Balaban J connectivity index is 1.75. The monoisotopic (exact) mass is 310 g/mol. The Morgan fingerprint density at radius 1 is 1.33 bits per heavy atom. The van der Waals surface area contributed by atoms with Gasteiger partial charge in [0.15, 0.2) is 0 Å². The molecule has 0 aromatic heterocycles. The number of amides is 2. The number of urea groups is 1. The Labute approximate surface area is 131 Å². The number of carbonyl (C=O) groups is 1. The van der Waals surface area contributed by atoms with Crippen LogP contribution >= 0.6 is 11.6 Å². The molecule has 0 saturated heterocycles. The number of hydrogen-bond acceptors (Lipinski definition) is 2. The summed E-state index contributed by atoms with van der Waals surface area (Å²) in [6, 6.07) is 7.32. The summed E-state index contributed by atoms with van der Waals surface area (Å²) in [7, 11) is 0. The highest BCUT2D eigenvalue weighted by Crippen LogP contribution is 2.23. The van der Waals surface area contributed by atoms with E-state index in [0.29, 0.717) is 24.2 Å². The molecule has 1 aromatic carbocycles. The predicted octanol–water partition coefficient (Wildman–Crippen LogP) is 3.82. The maximum Gasteiger partial charge on any atom is 0.315 e. The van der Waals surface area contributed by atoms with Gasteiger partial charge in [0.1, 0.15) is 5.75 Å². The van der Waals surface area contributed by atoms with Gasteiger partial charge in [-0.15, -0.1) is 0 Å². The van der Waals surface area contributed by atoms with Crippen LogP contribution in [0.4, 0.5) is 4.79 Å². The van der Waals surface area contributed by atoms with E-state index in [1.54, 1.807) is 11.0 Å². The molecular formula is C16H23ClN2O2. The zero-order valence-electron chi connectivity index (χ0n) is 12.3. The number of rotatable bonds is 6. The maximum absolute atomic E-state index is 11.6. The van der Waals surface area contributed by atoms with Crippen molar-refractivity contribution in [1.82, 2.24) is 4.90 Å². The third-order valence-electron chi connectivity index (χ3n) is 3.91. The number of carbonyl (C=O) groups excluding carboxylic acids is 1. The van der Waals surface area contributed by atoms with Gasteiger partial charge in [-0.2, -0.15) is 0 Å². The van der Waals surface area contributed by atoms with E-state index >= 15 is 0 Å². The van der Waals surface area contributed by atoms with E-state index in [0.717, 1.165) is 25.0 Å². The van der Waals surface area contributed by atoms with Crippen LogP contribution < -0.4 is 10.5 Å². The lowest BCUT2D eigenvalue weighted by molar-refractivity contribution is 0.156. The molecule has 2 rings (SSSR count). The first-order valence-corrected chi connectivity index (χ1v) is 7.99. The first-order chi connectivity index (χ1) is 10.2. The Morgan fingerprint density at radius 2 is 2.10 bits per heavy atom. The molecule has 0 atom stereocenters. The van der Waals surface area contributed by atoms with Gasteiger partial charge in [0.25, 0.3) is 0 Å². The van der Waals surface area contributed by atoms with Crippen LogP contribution in [0.5, 0.6) is 5.75 Å². The lowest BCUT2D eigenvalue weighted by atomic mass is 9.94. The van der Waals surface area contributed by atoms with E-state index in [-0.39, 0.29) is 6.03 Å². The van der Waals surface area contributed by atoms with Crippen molar-refractivity contribution in [1.29, 1.82) is 0 Å². The van der Waals surface area contributed by atoms with Gasteiger partial charge in [0, 0.05) is 17.6 Å². The van der Waals surface area contributed by atoms with E-state index < -0.39 is 0 Å². The first-order valence-electron chi connectivity index (χ1n) is 7.61. The summed E-state index contributed by atoms with van der Waals surface area (Å²) in [6.45, 7) is 1.21. The fourth-order valence-corrected chi connectivity index (χ4v) is 3.03. The second-order valence-electron chi connectivity index (χ2n) is 5.48. The lowest BCUT2D eigenvalue weighted by Crippen LogP contribution is -2.45. The number of halogens is 1. The van der Waals surface area contributed by atoms with Gasteiger partial charge in [0.2, 0.25) is 0 Å². The van der Waals surface area contributed by atoms with Crippen LogP contribution in [-0.4, -0.2) is 30.1 Å². The minimum absolute atomic E-state index is 0.308. The lowest BCUT2D eigenvalue weighted by Gasteiger charge is -2.33. The average Bonchev–Trinajstić information content (AvgIpc) is 2.48. The summed E-state index contributed by atoms with van der Waals surface area (Å²) in [5.74, 6) is 0.755. The number of hydrogen-bond donors (Lipinski definition) is 1. The molecule has 2 amide bonds. The second-order valence-corrected chi connectivity index (χ2v) is 5.92. The highest BCUT2D eigenvalue weighted by molar-refractivity contribution is 6.30. The van der Waals surface area contributed by atoms with Crippen LogP contribution in [0, 0.1) is 0 Å². The van der Waals surface area contributed by atoms with Crippen LogP contribution in [0.3, 0.4) is 0 Å². The Morgan fingerprint density at radius 3 is 2.76 bits per heavy atom. The molecule has 1 fully saturated rings. The van der Waals surface area contributed by atoms with Gasteiger partial charge in [-0.3, -0.25) is 0 Å². The van der Waals surface area contributed by atoms with Crippen LogP contribution in [0.1, 0.15) is 38.5 Å². The zero-order valence-corrected chi connectivity index (χ0v) is 13.0. The van der Waals surface area contributed by atoms with Crippen LogP contribution in [0.25, 0.3) is 0 Å². The highest BCUT2D eigenvalue weighted by atomic mass is 35.5. The van der Waals surface area contributed by atoms with Crippen molar-refractivity contribution in [3.8, 4) is 5.75 Å². The van der Waals surface area contributed by atoms with E-state index in [4.69, 9.17) is 22.1 Å². The SMILES string of the molecule is NC(=O)N(CCCOc1cccc(Cl)c1)C1CCCCC1. The van der Waals surface area contributed by atoms with E-state index in [1.165, 1.54) is 19.3 Å². The average molecular weight is 311 g/mol. The van der Waals surface area contributed by atoms with E-state index in [9.17, 15) is 4.79 Å². The van der Waals surface area contributed by atoms with Gasteiger partial charge in [-0.1, -0.05) is 36.9 Å². The van der Waals surface area contributed by atoms with E-state index in [1.807, 2.05) is 18.2 Å². The number of nitrogens with zero attached hydrogens (tertiary/aromatic N) is 1. The zero-order chi connectivity index (χ0) is 15.1. The molecule has 1 aliphatic rings. The van der Waals surface area contributed by atoms with Crippen molar-refractivity contribution < 1.29 is 9.53 Å². The van der Waals surface area contributed by atoms with Gasteiger partial charge in [0.05, 0.1) is 6.61 Å². The molecule has 0 heterocycles. The van der Waals surface area contributed by atoms with Crippen molar-refractivity contribution in [2.75, 3.05) is 13.2 Å². The van der Waals surface area contributed by atoms with Gasteiger partial charge in [-0.25, -0.2) is 4.79 Å². The molecule has 2 N–H and O–H groups in total.